The highest BCUT2D eigenvalue weighted by Crippen LogP contribution is 2.54. The van der Waals surface area contributed by atoms with Crippen molar-refractivity contribution < 1.29 is 42.8 Å². The molecule has 0 amide bonds. The fourth-order valence-corrected chi connectivity index (χ4v) is 7.08. The number of benzene rings is 9. The third-order valence-corrected chi connectivity index (χ3v) is 9.45. The van der Waals surface area contributed by atoms with E-state index in [1.165, 1.54) is 13.8 Å². The number of furan rings is 1. The van der Waals surface area contributed by atoms with Crippen LogP contribution in [0.3, 0.4) is 0 Å². The van der Waals surface area contributed by atoms with Gasteiger partial charge in [0.05, 0.1) is 38.4 Å². The van der Waals surface area contributed by atoms with E-state index in [1.54, 1.807) is 0 Å². The summed E-state index contributed by atoms with van der Waals surface area (Å²) in [5.41, 5.74) is -7.68. The molecule has 1 heterocycles. The van der Waals surface area contributed by atoms with E-state index in [0.717, 1.165) is 0 Å². The van der Waals surface area contributed by atoms with Crippen molar-refractivity contribution in [2.75, 3.05) is 0 Å². The highest BCUT2D eigenvalue weighted by atomic mass is 16.3. The van der Waals surface area contributed by atoms with E-state index >= 15 is 0 Å². The first-order valence-corrected chi connectivity index (χ1v) is 15.9. The van der Waals surface area contributed by atoms with Crippen LogP contribution in [0.25, 0.3) is 98.8 Å². The van der Waals surface area contributed by atoms with Crippen LogP contribution in [0, 0.1) is 0 Å². The fourth-order valence-electron chi connectivity index (χ4n) is 7.08. The van der Waals surface area contributed by atoms with Crippen LogP contribution in [-0.2, 0) is 5.41 Å². The lowest BCUT2D eigenvalue weighted by Gasteiger charge is -2.22. The molecule has 1 nitrogen and oxygen atoms in total. The minimum Gasteiger partial charge on any atom is -0.456 e. The van der Waals surface area contributed by atoms with Crippen molar-refractivity contribution in [2.45, 2.75) is 19.3 Å². The molecule has 0 radical (unpaired) electrons. The summed E-state index contributed by atoms with van der Waals surface area (Å²) < 4.78 is 262. The Morgan fingerprint density at radius 1 is 0.385 bits per heavy atom. The number of hydrogen-bond acceptors (Lipinski definition) is 1. The molecule has 0 spiro atoms. The molecule has 0 N–H and O–H groups in total. The van der Waals surface area contributed by atoms with Crippen LogP contribution >= 0.6 is 0 Å². The molecule has 0 aliphatic heterocycles. The summed E-state index contributed by atoms with van der Waals surface area (Å²) in [6, 6.07) is -23.8. The average molecular weight is 691 g/mol. The van der Waals surface area contributed by atoms with Gasteiger partial charge < -0.3 is 4.42 Å². The standard InChI is InChI=1S/C51H34O/c1-51(2)44-20-10-9-18-40(44)50-41(19-11-21-45(50)51)49-38-16-7-5-14-36(38)48(37-15-6-8-17-39(37)49)32-24-22-31(23-25-32)35-26-27-46-42(29-35)43-28-33-12-3-4-13-34(33)30-47(43)52-46/h3-30H,1-2H3/i3D,4D,5D,6D,7D,8D,9D,10D,11D,12D,13D,14D,15D,16D,17D,18D,19D,20D,21D,22D,23D,24D,25D,26D,27D,28D,29D,30D. The van der Waals surface area contributed by atoms with E-state index in [2.05, 4.69) is 0 Å². The molecule has 1 aromatic heterocycles. The van der Waals surface area contributed by atoms with Crippen molar-refractivity contribution in [2.24, 2.45) is 0 Å². The van der Waals surface area contributed by atoms with Gasteiger partial charge >= 0.3 is 0 Å². The van der Waals surface area contributed by atoms with Crippen LogP contribution in [0.4, 0.5) is 0 Å². The molecule has 0 atom stereocenters. The molecule has 244 valence electrons. The Kier molecular flexibility index (Phi) is 2.69. The molecule has 1 aliphatic rings. The first-order valence-electron chi connectivity index (χ1n) is 29.9. The van der Waals surface area contributed by atoms with Gasteiger partial charge in [0.2, 0.25) is 0 Å². The minimum absolute atomic E-state index is 0.0778. The Labute approximate surface area is 341 Å². The summed E-state index contributed by atoms with van der Waals surface area (Å²) >= 11 is 0. The molecule has 9 aromatic carbocycles. The Balaban J connectivity index is 1.34. The third-order valence-electron chi connectivity index (χ3n) is 9.45. The van der Waals surface area contributed by atoms with Gasteiger partial charge in [0.1, 0.15) is 11.2 Å². The van der Waals surface area contributed by atoms with Crippen LogP contribution in [0.15, 0.2) is 174 Å². The summed E-state index contributed by atoms with van der Waals surface area (Å²) in [6.07, 6.45) is 0. The van der Waals surface area contributed by atoms with E-state index in [0.29, 0.717) is 0 Å². The Morgan fingerprint density at radius 3 is 1.65 bits per heavy atom. The summed E-state index contributed by atoms with van der Waals surface area (Å²) in [6.45, 7) is 3.02. The smallest absolute Gasteiger partial charge is 0.136 e. The summed E-state index contributed by atoms with van der Waals surface area (Å²) in [5.74, 6) is 0. The first kappa shape index (κ1) is 13.0. The Morgan fingerprint density at radius 2 is 0.923 bits per heavy atom. The van der Waals surface area contributed by atoms with Gasteiger partial charge in [-0.3, -0.25) is 0 Å². The molecule has 11 rings (SSSR count). The van der Waals surface area contributed by atoms with Gasteiger partial charge in [-0.2, -0.15) is 0 Å². The predicted octanol–water partition coefficient (Wildman–Crippen LogP) is 14.4. The molecule has 1 aliphatic carbocycles. The molecule has 0 saturated carbocycles. The van der Waals surface area contributed by atoms with Gasteiger partial charge in [0, 0.05) is 16.2 Å². The zero-order valence-electron chi connectivity index (χ0n) is 54.9. The summed E-state index contributed by atoms with van der Waals surface area (Å²) in [7, 11) is 0. The van der Waals surface area contributed by atoms with Crippen molar-refractivity contribution in [3.05, 3.63) is 180 Å². The van der Waals surface area contributed by atoms with Crippen molar-refractivity contribution in [1.29, 1.82) is 0 Å². The number of fused-ring (bicyclic) bond motifs is 9. The highest BCUT2D eigenvalue weighted by molar-refractivity contribution is 6.23. The van der Waals surface area contributed by atoms with Gasteiger partial charge in [0.15, 0.2) is 0 Å². The summed E-state index contributed by atoms with van der Waals surface area (Å²) in [5, 5.41) is -4.51. The maximum atomic E-state index is 9.72. The zero-order valence-corrected chi connectivity index (χ0v) is 26.9. The summed E-state index contributed by atoms with van der Waals surface area (Å²) in [4.78, 5) is 0. The molecule has 0 saturated heterocycles. The van der Waals surface area contributed by atoms with Crippen LogP contribution in [0.2, 0.25) is 0 Å². The van der Waals surface area contributed by atoms with Crippen LogP contribution in [0.1, 0.15) is 63.4 Å². The lowest BCUT2D eigenvalue weighted by molar-refractivity contribution is 0.660. The number of rotatable bonds is 3. The van der Waals surface area contributed by atoms with E-state index in [4.69, 9.17) is 22.2 Å². The van der Waals surface area contributed by atoms with E-state index < -0.39 is 262 Å². The number of hydrogen-bond donors (Lipinski definition) is 0. The van der Waals surface area contributed by atoms with Gasteiger partial charge in [-0.05, 0) is 112 Å². The van der Waals surface area contributed by atoms with Crippen molar-refractivity contribution in [1.82, 2.24) is 0 Å². The topological polar surface area (TPSA) is 13.1 Å². The Hall–Kier alpha value is -6.44. The lowest BCUT2D eigenvalue weighted by Crippen LogP contribution is -2.14. The maximum Gasteiger partial charge on any atom is 0.136 e. The fraction of sp³-hybridized carbons (Fsp3) is 0.0588. The van der Waals surface area contributed by atoms with E-state index in [1.807, 2.05) is 0 Å². The monoisotopic (exact) mass is 690 g/mol. The second kappa shape index (κ2) is 10.8. The van der Waals surface area contributed by atoms with Crippen LogP contribution in [0.5, 0.6) is 0 Å². The van der Waals surface area contributed by atoms with E-state index in [-0.39, 0.29) is 22.3 Å². The van der Waals surface area contributed by atoms with Gasteiger partial charge in [0.25, 0.3) is 0 Å². The first-order chi connectivity index (χ1) is 37.2. The molecular formula is C51H34O. The highest BCUT2D eigenvalue weighted by Gasteiger charge is 2.37. The predicted molar refractivity (Wildman–Crippen MR) is 220 cm³/mol. The molecule has 1 heteroatoms. The molecule has 52 heavy (non-hydrogen) atoms. The second-order valence-electron chi connectivity index (χ2n) is 12.6. The largest absolute Gasteiger partial charge is 0.456 e. The normalized spacial score (nSPS) is 20.9. The molecule has 0 fully saturated rings. The van der Waals surface area contributed by atoms with Gasteiger partial charge in [-0.25, -0.2) is 0 Å². The van der Waals surface area contributed by atoms with Crippen LogP contribution < -0.4 is 0 Å². The second-order valence-corrected chi connectivity index (χ2v) is 12.6. The lowest BCUT2D eigenvalue weighted by atomic mass is 9.80. The van der Waals surface area contributed by atoms with Crippen LogP contribution in [-0.4, -0.2) is 0 Å². The minimum atomic E-state index is -1.55. The van der Waals surface area contributed by atoms with Gasteiger partial charge in [-0.15, -0.1) is 0 Å². The third kappa shape index (κ3) is 4.11. The molecule has 10 aromatic rings. The molecule has 0 unspecified atom stereocenters. The molecule has 0 bridgehead atoms. The van der Waals surface area contributed by atoms with Gasteiger partial charge in [-0.1, -0.05) is 159 Å². The zero-order chi connectivity index (χ0) is 58.9. The van der Waals surface area contributed by atoms with Crippen molar-refractivity contribution in [3.8, 4) is 44.5 Å². The maximum absolute atomic E-state index is 9.72. The average Bonchev–Trinajstić information content (AvgIpc) is 4.12. The van der Waals surface area contributed by atoms with Crippen molar-refractivity contribution >= 4 is 54.3 Å². The molecular weight excluding hydrogens is 629 g/mol. The SMILES string of the molecule is [2H]c1c([2H])c([2H])c2c(c1[2H])-c1c(-c3c4c([2H])c([2H])c([2H])c([2H])c4c(-c4c([2H])c([2H])c(-c5c([2H])c([2H])c6oc7c([2H])c8c([2H])c([2H])c([2H])c([2H])c8c([2H])c7c6c5[2H])c([2H])c4[2H])c4c([2H])c([2H])c([2H])c([2H])c34)c([2H])c([2H])c([2H])c1C2(C)C. The Bertz CT molecular complexity index is 4600. The van der Waals surface area contributed by atoms with Crippen molar-refractivity contribution in [3.63, 3.8) is 0 Å². The van der Waals surface area contributed by atoms with E-state index in [9.17, 15) is 20.6 Å². The quantitative estimate of drug-likeness (QED) is 0.168.